The summed E-state index contributed by atoms with van der Waals surface area (Å²) in [6.45, 7) is 17.8. The number of hydrogen-bond donors (Lipinski definition) is 5. The Labute approximate surface area is 250 Å². The van der Waals surface area contributed by atoms with Gasteiger partial charge in [0.1, 0.15) is 0 Å². The number of nitrogens with one attached hydrogen (secondary N) is 3. The van der Waals surface area contributed by atoms with Crippen molar-refractivity contribution in [1.29, 1.82) is 5.41 Å². The lowest BCUT2D eigenvalue weighted by Crippen LogP contribution is -2.03. The largest absolute Gasteiger partial charge is 0.481 e. The Bertz CT molecular complexity index is 1940. The van der Waals surface area contributed by atoms with E-state index >= 15 is 0 Å². The third-order valence-corrected chi connectivity index (χ3v) is 8.24. The van der Waals surface area contributed by atoms with E-state index in [-0.39, 0.29) is 12.8 Å². The van der Waals surface area contributed by atoms with Gasteiger partial charge in [0.15, 0.2) is 0 Å². The molecule has 0 saturated heterocycles. The first-order valence-corrected chi connectivity index (χ1v) is 14.2. The Hall–Kier alpha value is -4.98. The number of carbonyl (C=O) groups is 2. The lowest BCUT2D eigenvalue weighted by atomic mass is 10.00. The molecule has 43 heavy (non-hydrogen) atoms. The zero-order valence-electron chi connectivity index (χ0n) is 25.4. The fourth-order valence-electron chi connectivity index (χ4n) is 5.69. The van der Waals surface area contributed by atoms with Crippen LogP contribution in [0.5, 0.6) is 0 Å². The molecule has 0 spiro atoms. The zero-order valence-corrected chi connectivity index (χ0v) is 25.4. The van der Waals surface area contributed by atoms with Crippen molar-refractivity contribution >= 4 is 57.3 Å². The first-order chi connectivity index (χ1) is 20.4. The van der Waals surface area contributed by atoms with Crippen LogP contribution >= 0.6 is 0 Å². The van der Waals surface area contributed by atoms with Crippen molar-refractivity contribution in [2.45, 2.75) is 60.3 Å². The molecule has 6 bridgehead atoms. The summed E-state index contributed by atoms with van der Waals surface area (Å²) in [4.78, 5) is 34.9. The maximum atomic E-state index is 11.5. The van der Waals surface area contributed by atoms with Gasteiger partial charge in [-0.2, -0.15) is 0 Å². The highest BCUT2D eigenvalue weighted by atomic mass is 16.4. The van der Waals surface area contributed by atoms with Gasteiger partial charge in [0, 0.05) is 40.5 Å². The Morgan fingerprint density at radius 3 is 1.98 bits per heavy atom. The highest BCUT2D eigenvalue weighted by molar-refractivity contribution is 5.94. The number of aromatic amines is 2. The van der Waals surface area contributed by atoms with E-state index in [1.54, 1.807) is 18.2 Å². The third-order valence-electron chi connectivity index (χ3n) is 8.24. The van der Waals surface area contributed by atoms with Gasteiger partial charge in [-0.25, -0.2) is 4.98 Å². The molecule has 0 amide bonds. The van der Waals surface area contributed by atoms with Crippen LogP contribution in [-0.4, -0.2) is 37.1 Å². The molecule has 3 aromatic heterocycles. The Morgan fingerprint density at radius 1 is 0.767 bits per heavy atom. The summed E-state index contributed by atoms with van der Waals surface area (Å²) in [5.74, 6) is -1.79. The van der Waals surface area contributed by atoms with Crippen LogP contribution in [0.2, 0.25) is 0 Å². The van der Waals surface area contributed by atoms with E-state index in [2.05, 4.69) is 23.1 Å². The minimum absolute atomic E-state index is 0.0377. The summed E-state index contributed by atoms with van der Waals surface area (Å²) in [7, 11) is 0. The zero-order chi connectivity index (χ0) is 31.6. The molecule has 1 aliphatic heterocycles. The fraction of sp³-hybridized carbons (Fsp3) is 0.257. The summed E-state index contributed by atoms with van der Waals surface area (Å²) in [5, 5.41) is 28.2. The van der Waals surface area contributed by atoms with Gasteiger partial charge in [-0.05, 0) is 116 Å². The van der Waals surface area contributed by atoms with Crippen LogP contribution in [0, 0.1) is 33.1 Å². The normalized spacial score (nSPS) is 11.8. The van der Waals surface area contributed by atoms with E-state index in [9.17, 15) is 19.8 Å². The molecule has 0 radical (unpaired) electrons. The Balaban J connectivity index is 2.25. The molecule has 0 saturated carbocycles. The first kappa shape index (κ1) is 31.0. The average molecular weight is 579 g/mol. The summed E-state index contributed by atoms with van der Waals surface area (Å²) < 4.78 is 0. The molecule has 0 fully saturated rings. The number of aryl methyl sites for hydroxylation is 4. The molecule has 4 heterocycles. The molecule has 0 aromatic carbocycles. The topological polar surface area (TPSA) is 143 Å². The summed E-state index contributed by atoms with van der Waals surface area (Å²) in [5.41, 5.74) is 12.3. The van der Waals surface area contributed by atoms with Crippen molar-refractivity contribution in [2.75, 3.05) is 0 Å². The van der Waals surface area contributed by atoms with Crippen molar-refractivity contribution in [3.63, 3.8) is 0 Å². The van der Waals surface area contributed by atoms with Gasteiger partial charge >= 0.3 is 11.9 Å². The molecule has 3 aromatic rings. The monoisotopic (exact) mass is 578 g/mol. The molecule has 8 heteroatoms. The number of rotatable bonds is 8. The van der Waals surface area contributed by atoms with Crippen LogP contribution in [0.15, 0.2) is 37.4 Å². The standard InChI is InChI=1S/C35H38N4O4/c1-8-23-18(3)14-28-21(6)25(10-12-34(40)41)32(37-28)17-33-26(11-13-35(42)43)22(7)30(39-33)16-29-20(5)24(9-2)31(38-29)15-27(36)19(23)4/h8-9,14-17,36-38H,1-2,10-13H2,3-7H3,(H,40,41)(H,42,43). The highest BCUT2D eigenvalue weighted by Gasteiger charge is 2.19. The predicted molar refractivity (Wildman–Crippen MR) is 174 cm³/mol. The molecule has 5 N–H and O–H groups in total. The highest BCUT2D eigenvalue weighted by Crippen LogP contribution is 2.35. The van der Waals surface area contributed by atoms with Crippen LogP contribution in [0.3, 0.4) is 0 Å². The number of H-pyrrole nitrogens is 2. The van der Waals surface area contributed by atoms with Crippen molar-refractivity contribution in [3.8, 4) is 0 Å². The van der Waals surface area contributed by atoms with Gasteiger partial charge in [0.2, 0.25) is 0 Å². The number of nitrogens with zero attached hydrogens (tertiary/aromatic N) is 1. The molecule has 222 valence electrons. The molecule has 8 nitrogen and oxygen atoms in total. The summed E-state index contributed by atoms with van der Waals surface area (Å²) in [6, 6.07) is 7.62. The number of aliphatic carboxylic acids is 2. The SMILES string of the molecule is C=Cc1c(C)cc2[nH]c(cc3nc(cc4[nH]c(cc(=N)c1C)c(C=C)c4C)C(C)=C3CCC(=O)O)c(CCC(=O)O)c2C. The average Bonchev–Trinajstić information content (AvgIpc) is 3.51. The van der Waals surface area contributed by atoms with E-state index in [0.717, 1.165) is 72.2 Å². The molecule has 0 unspecified atom stereocenters. The van der Waals surface area contributed by atoms with Crippen molar-refractivity contribution < 1.29 is 19.8 Å². The van der Waals surface area contributed by atoms with Gasteiger partial charge in [0.05, 0.1) is 16.7 Å². The summed E-state index contributed by atoms with van der Waals surface area (Å²) >= 11 is 0. The van der Waals surface area contributed by atoms with Gasteiger partial charge < -0.3 is 25.6 Å². The van der Waals surface area contributed by atoms with E-state index < -0.39 is 11.9 Å². The second-order valence-corrected chi connectivity index (χ2v) is 10.9. The van der Waals surface area contributed by atoms with E-state index in [0.29, 0.717) is 29.6 Å². The quantitative estimate of drug-likeness (QED) is 0.189. The molecule has 4 rings (SSSR count). The molecule has 0 aliphatic carbocycles. The van der Waals surface area contributed by atoms with Crippen LogP contribution in [-0.2, 0) is 16.0 Å². The predicted octanol–water partition coefficient (Wildman–Crippen LogP) is 7.42. The van der Waals surface area contributed by atoms with Crippen molar-refractivity contribution in [2.24, 2.45) is 0 Å². The fourth-order valence-corrected chi connectivity index (χ4v) is 5.69. The van der Waals surface area contributed by atoms with Gasteiger partial charge in [-0.3, -0.25) is 9.59 Å². The second-order valence-electron chi connectivity index (χ2n) is 10.9. The van der Waals surface area contributed by atoms with Gasteiger partial charge in [-0.1, -0.05) is 25.3 Å². The molecule has 0 atom stereocenters. The first-order valence-electron chi connectivity index (χ1n) is 14.2. The maximum Gasteiger partial charge on any atom is 0.303 e. The van der Waals surface area contributed by atoms with Crippen molar-refractivity contribution in [3.05, 3.63) is 93.1 Å². The van der Waals surface area contributed by atoms with E-state index in [1.807, 2.05) is 52.8 Å². The van der Waals surface area contributed by atoms with Gasteiger partial charge in [-0.15, -0.1) is 0 Å². The van der Waals surface area contributed by atoms with Crippen molar-refractivity contribution in [1.82, 2.24) is 15.0 Å². The third kappa shape index (κ3) is 6.28. The number of carboxylic acid groups (broad SMARTS) is 2. The lowest BCUT2D eigenvalue weighted by molar-refractivity contribution is -0.137. The second kappa shape index (κ2) is 12.5. The smallest absolute Gasteiger partial charge is 0.303 e. The van der Waals surface area contributed by atoms with E-state index in [4.69, 9.17) is 10.4 Å². The van der Waals surface area contributed by atoms with Crippen LogP contribution in [0.25, 0.3) is 45.4 Å². The van der Waals surface area contributed by atoms with Crippen LogP contribution < -0.4 is 5.36 Å². The number of carboxylic acids is 2. The summed E-state index contributed by atoms with van der Waals surface area (Å²) in [6.07, 6.45) is 4.05. The Kier molecular flexibility index (Phi) is 8.99. The number of hydrogen-bond acceptors (Lipinski definition) is 4. The van der Waals surface area contributed by atoms with Crippen LogP contribution in [0.1, 0.15) is 76.5 Å². The number of aromatic nitrogens is 3. The van der Waals surface area contributed by atoms with Gasteiger partial charge in [0.25, 0.3) is 0 Å². The maximum absolute atomic E-state index is 11.5. The Morgan fingerprint density at radius 2 is 1.35 bits per heavy atom. The number of fused-ring (bicyclic) bond motifs is 6. The molecule has 1 aliphatic rings. The molecular formula is C35H38N4O4. The lowest BCUT2D eigenvalue weighted by Gasteiger charge is -2.03. The minimum atomic E-state index is -0.896. The van der Waals surface area contributed by atoms with E-state index in [1.165, 1.54) is 0 Å². The number of allylic oxidation sites excluding steroid dienone is 2. The minimum Gasteiger partial charge on any atom is -0.481 e. The molecular weight excluding hydrogens is 540 g/mol. The van der Waals surface area contributed by atoms with Crippen LogP contribution in [0.4, 0.5) is 0 Å².